The number of nitrogens with one attached hydrogen (secondary N) is 2. The lowest BCUT2D eigenvalue weighted by molar-refractivity contribution is -0.122. The second-order valence-corrected chi connectivity index (χ2v) is 8.18. The molecule has 7 nitrogen and oxygen atoms in total. The third kappa shape index (κ3) is 4.93. The number of benzene rings is 1. The summed E-state index contributed by atoms with van der Waals surface area (Å²) in [5.41, 5.74) is 0.784. The Morgan fingerprint density at radius 1 is 1.00 bits per heavy atom. The predicted octanol–water partition coefficient (Wildman–Crippen LogP) is 1.97. The van der Waals surface area contributed by atoms with Crippen LogP contribution in [0.25, 0.3) is 0 Å². The van der Waals surface area contributed by atoms with Gasteiger partial charge >= 0.3 is 0 Å². The number of rotatable bonds is 6. The number of amides is 4. The summed E-state index contributed by atoms with van der Waals surface area (Å²) in [6.45, 7) is 10.1. The van der Waals surface area contributed by atoms with Gasteiger partial charge in [0.15, 0.2) is 0 Å². The molecule has 0 saturated carbocycles. The molecule has 1 aromatic rings. The molecule has 7 heteroatoms. The van der Waals surface area contributed by atoms with Crippen LogP contribution in [0, 0.1) is 5.41 Å². The van der Waals surface area contributed by atoms with Crippen molar-refractivity contribution in [3.63, 3.8) is 0 Å². The van der Waals surface area contributed by atoms with Crippen molar-refractivity contribution in [3.05, 3.63) is 34.9 Å². The van der Waals surface area contributed by atoms with Crippen molar-refractivity contribution >= 4 is 23.6 Å². The molecule has 0 aromatic heterocycles. The zero-order valence-electron chi connectivity index (χ0n) is 16.5. The molecule has 27 heavy (non-hydrogen) atoms. The minimum Gasteiger partial charge on any atom is -0.354 e. The molecular weight excluding hydrogens is 346 g/mol. The number of hydrogen-bond acceptors (Lipinski definition) is 4. The monoisotopic (exact) mass is 373 g/mol. The van der Waals surface area contributed by atoms with Crippen LogP contribution in [-0.4, -0.2) is 47.7 Å². The molecule has 0 radical (unpaired) electrons. The van der Waals surface area contributed by atoms with Crippen LogP contribution < -0.4 is 10.6 Å². The molecule has 0 spiro atoms. The van der Waals surface area contributed by atoms with Gasteiger partial charge in [0.2, 0.25) is 5.91 Å². The van der Waals surface area contributed by atoms with Crippen LogP contribution in [-0.2, 0) is 4.79 Å². The van der Waals surface area contributed by atoms with E-state index in [0.29, 0.717) is 24.1 Å². The molecule has 0 bridgehead atoms. The van der Waals surface area contributed by atoms with E-state index in [1.807, 2.05) is 20.8 Å². The summed E-state index contributed by atoms with van der Waals surface area (Å²) < 4.78 is 0. The highest BCUT2D eigenvalue weighted by atomic mass is 16.2. The SMILES string of the molecule is CC(C)N1C(=O)c2ccc(C(=O)NCCNC(=O)CC(C)(C)C)cc2C1=O. The van der Waals surface area contributed by atoms with Gasteiger partial charge in [0.1, 0.15) is 0 Å². The van der Waals surface area contributed by atoms with E-state index in [9.17, 15) is 19.2 Å². The molecule has 0 fully saturated rings. The van der Waals surface area contributed by atoms with Crippen LogP contribution in [0.15, 0.2) is 18.2 Å². The van der Waals surface area contributed by atoms with Gasteiger partial charge in [0.25, 0.3) is 17.7 Å². The molecule has 0 unspecified atom stereocenters. The van der Waals surface area contributed by atoms with E-state index in [1.54, 1.807) is 13.8 Å². The number of hydrogen-bond donors (Lipinski definition) is 2. The zero-order chi connectivity index (χ0) is 20.4. The van der Waals surface area contributed by atoms with Crippen molar-refractivity contribution < 1.29 is 19.2 Å². The fourth-order valence-electron chi connectivity index (χ4n) is 2.89. The summed E-state index contributed by atoms with van der Waals surface area (Å²) in [7, 11) is 0. The highest BCUT2D eigenvalue weighted by molar-refractivity contribution is 6.22. The Morgan fingerprint density at radius 2 is 1.59 bits per heavy atom. The van der Waals surface area contributed by atoms with E-state index in [1.165, 1.54) is 23.1 Å². The first kappa shape index (κ1) is 20.6. The van der Waals surface area contributed by atoms with Crippen LogP contribution in [0.1, 0.15) is 72.1 Å². The van der Waals surface area contributed by atoms with Crippen molar-refractivity contribution in [1.82, 2.24) is 15.5 Å². The standard InChI is InChI=1S/C20H27N3O4/c1-12(2)23-18(26)14-7-6-13(10-15(14)19(23)27)17(25)22-9-8-21-16(24)11-20(3,4)5/h6-7,10,12H,8-9,11H2,1-5H3,(H,21,24)(H,22,25). The van der Waals surface area contributed by atoms with E-state index in [2.05, 4.69) is 10.6 Å². The summed E-state index contributed by atoms with van der Waals surface area (Å²) in [4.78, 5) is 49.9. The Hall–Kier alpha value is -2.70. The Kier molecular flexibility index (Phi) is 6.03. The first-order valence-corrected chi connectivity index (χ1v) is 9.08. The summed E-state index contributed by atoms with van der Waals surface area (Å²) in [6.07, 6.45) is 0.411. The van der Waals surface area contributed by atoms with Crippen molar-refractivity contribution in [2.45, 2.75) is 47.1 Å². The van der Waals surface area contributed by atoms with Crippen molar-refractivity contribution in [1.29, 1.82) is 0 Å². The Bertz CT molecular complexity index is 778. The average Bonchev–Trinajstić information content (AvgIpc) is 2.80. The number of fused-ring (bicyclic) bond motifs is 1. The number of carbonyl (C=O) groups excluding carboxylic acids is 4. The van der Waals surface area contributed by atoms with Gasteiger partial charge < -0.3 is 10.6 Å². The Labute approximate surface area is 159 Å². The van der Waals surface area contributed by atoms with E-state index in [-0.39, 0.29) is 47.2 Å². The lowest BCUT2D eigenvalue weighted by atomic mass is 9.92. The van der Waals surface area contributed by atoms with E-state index < -0.39 is 0 Å². The van der Waals surface area contributed by atoms with Crippen LogP contribution in [0.3, 0.4) is 0 Å². The van der Waals surface area contributed by atoms with Crippen molar-refractivity contribution in [2.75, 3.05) is 13.1 Å². The fraction of sp³-hybridized carbons (Fsp3) is 0.500. The first-order valence-electron chi connectivity index (χ1n) is 9.08. The Morgan fingerprint density at radius 3 is 2.19 bits per heavy atom. The van der Waals surface area contributed by atoms with Crippen molar-refractivity contribution in [2.24, 2.45) is 5.41 Å². The number of nitrogens with zero attached hydrogens (tertiary/aromatic N) is 1. The molecule has 1 aliphatic heterocycles. The molecule has 0 aliphatic carbocycles. The van der Waals surface area contributed by atoms with E-state index in [4.69, 9.17) is 0 Å². The molecule has 0 saturated heterocycles. The van der Waals surface area contributed by atoms with Crippen LogP contribution >= 0.6 is 0 Å². The quantitative estimate of drug-likeness (QED) is 0.589. The molecule has 4 amide bonds. The highest BCUT2D eigenvalue weighted by Gasteiger charge is 2.37. The second-order valence-electron chi connectivity index (χ2n) is 8.18. The lowest BCUT2D eigenvalue weighted by Crippen LogP contribution is -2.36. The normalized spacial score (nSPS) is 13.8. The maximum absolute atomic E-state index is 12.4. The van der Waals surface area contributed by atoms with Gasteiger partial charge in [0.05, 0.1) is 11.1 Å². The molecule has 0 atom stereocenters. The molecular formula is C20H27N3O4. The maximum atomic E-state index is 12.4. The maximum Gasteiger partial charge on any atom is 0.261 e. The van der Waals surface area contributed by atoms with E-state index >= 15 is 0 Å². The topological polar surface area (TPSA) is 95.6 Å². The van der Waals surface area contributed by atoms with E-state index in [0.717, 1.165) is 0 Å². The summed E-state index contributed by atoms with van der Waals surface area (Å²) in [5, 5.41) is 5.46. The van der Waals surface area contributed by atoms with Gasteiger partial charge in [-0.05, 0) is 37.5 Å². The summed E-state index contributed by atoms with van der Waals surface area (Å²) >= 11 is 0. The van der Waals surface area contributed by atoms with Gasteiger partial charge in [0, 0.05) is 31.1 Å². The Balaban J connectivity index is 1.93. The van der Waals surface area contributed by atoms with Crippen LogP contribution in [0.2, 0.25) is 0 Å². The summed E-state index contributed by atoms with van der Waals surface area (Å²) in [5.74, 6) is -1.13. The van der Waals surface area contributed by atoms with Crippen molar-refractivity contribution in [3.8, 4) is 0 Å². The van der Waals surface area contributed by atoms with Gasteiger partial charge in [-0.1, -0.05) is 20.8 Å². The third-order valence-electron chi connectivity index (χ3n) is 4.12. The lowest BCUT2D eigenvalue weighted by Gasteiger charge is -2.17. The molecule has 1 heterocycles. The van der Waals surface area contributed by atoms with Gasteiger partial charge in [-0.25, -0.2) is 0 Å². The van der Waals surface area contributed by atoms with Gasteiger partial charge in [-0.3, -0.25) is 24.1 Å². The molecule has 1 aliphatic rings. The largest absolute Gasteiger partial charge is 0.354 e. The molecule has 2 rings (SSSR count). The van der Waals surface area contributed by atoms with Crippen LogP contribution in [0.4, 0.5) is 0 Å². The molecule has 2 N–H and O–H groups in total. The smallest absolute Gasteiger partial charge is 0.261 e. The summed E-state index contributed by atoms with van der Waals surface area (Å²) in [6, 6.07) is 4.25. The number of imide groups is 1. The molecule has 1 aromatic carbocycles. The molecule has 146 valence electrons. The zero-order valence-corrected chi connectivity index (χ0v) is 16.5. The first-order chi connectivity index (χ1) is 12.5. The second kappa shape index (κ2) is 7.90. The minimum atomic E-state index is -0.380. The number of carbonyl (C=O) groups is 4. The average molecular weight is 373 g/mol. The predicted molar refractivity (Wildman–Crippen MR) is 101 cm³/mol. The highest BCUT2D eigenvalue weighted by Crippen LogP contribution is 2.25. The fourth-order valence-corrected chi connectivity index (χ4v) is 2.89. The van der Waals surface area contributed by atoms with Crippen LogP contribution in [0.5, 0.6) is 0 Å². The van der Waals surface area contributed by atoms with Gasteiger partial charge in [-0.15, -0.1) is 0 Å². The van der Waals surface area contributed by atoms with Gasteiger partial charge in [-0.2, -0.15) is 0 Å². The third-order valence-corrected chi connectivity index (χ3v) is 4.12. The minimum absolute atomic E-state index is 0.0628.